The summed E-state index contributed by atoms with van der Waals surface area (Å²) < 4.78 is 30.8. The number of rotatable bonds is 6. The molecule has 5 nitrogen and oxygen atoms in total. The van der Waals surface area contributed by atoms with Gasteiger partial charge in [-0.05, 0) is 12.5 Å². The number of para-hydroxylation sites is 1. The number of benzene rings is 1. The largest absolute Gasteiger partial charge is 0.496 e. The summed E-state index contributed by atoms with van der Waals surface area (Å²) >= 11 is 0. The van der Waals surface area contributed by atoms with Gasteiger partial charge in [0.15, 0.2) is 0 Å². The normalized spacial score (nSPS) is 12.7. The second-order valence-corrected chi connectivity index (χ2v) is 5.61. The topological polar surface area (TPSA) is 79.2 Å². The molecule has 98 valence electrons. The summed E-state index contributed by atoms with van der Waals surface area (Å²) in [6, 6.07) is 7.85. The monoisotopic (exact) mass is 268 g/mol. The van der Waals surface area contributed by atoms with Crippen molar-refractivity contribution >= 4 is 10.0 Å². The van der Waals surface area contributed by atoms with Crippen LogP contribution in [0.1, 0.15) is 24.9 Å². The molecule has 1 unspecified atom stereocenters. The highest BCUT2D eigenvalue weighted by Crippen LogP contribution is 2.24. The van der Waals surface area contributed by atoms with Gasteiger partial charge in [0.05, 0.1) is 18.9 Å². The van der Waals surface area contributed by atoms with Gasteiger partial charge in [-0.15, -0.1) is 0 Å². The van der Waals surface area contributed by atoms with Gasteiger partial charge in [0.2, 0.25) is 10.0 Å². The van der Waals surface area contributed by atoms with Crippen molar-refractivity contribution in [2.75, 3.05) is 12.9 Å². The molecule has 0 saturated heterocycles. The van der Waals surface area contributed by atoms with Crippen molar-refractivity contribution in [1.82, 2.24) is 4.72 Å². The van der Waals surface area contributed by atoms with Crippen molar-refractivity contribution < 1.29 is 13.2 Å². The molecule has 6 heteroatoms. The Morgan fingerprint density at radius 2 is 2.11 bits per heavy atom. The van der Waals surface area contributed by atoms with Crippen molar-refractivity contribution in [2.24, 2.45) is 0 Å². The first-order valence-corrected chi connectivity index (χ1v) is 7.21. The molecule has 0 radical (unpaired) electrons. The molecular weight excluding hydrogens is 252 g/mol. The van der Waals surface area contributed by atoms with E-state index in [1.165, 1.54) is 7.11 Å². The van der Waals surface area contributed by atoms with Gasteiger partial charge in [-0.25, -0.2) is 8.42 Å². The number of nitrogens with one attached hydrogen (secondary N) is 1. The van der Waals surface area contributed by atoms with Crippen molar-refractivity contribution in [3.63, 3.8) is 0 Å². The van der Waals surface area contributed by atoms with Crippen molar-refractivity contribution in [2.45, 2.75) is 19.4 Å². The van der Waals surface area contributed by atoms with Crippen LogP contribution in [-0.4, -0.2) is 21.3 Å². The first-order valence-electron chi connectivity index (χ1n) is 5.56. The fraction of sp³-hybridized carbons (Fsp3) is 0.417. The lowest BCUT2D eigenvalue weighted by Gasteiger charge is -2.14. The van der Waals surface area contributed by atoms with Gasteiger partial charge >= 0.3 is 0 Å². The molecule has 0 spiro atoms. The Bertz CT molecular complexity index is 534. The van der Waals surface area contributed by atoms with Crippen molar-refractivity contribution in [3.8, 4) is 11.8 Å². The average molecular weight is 268 g/mol. The predicted octanol–water partition coefficient (Wildman–Crippen LogP) is 1.59. The summed E-state index contributed by atoms with van der Waals surface area (Å²) in [6.07, 6.45) is 0.499. The molecule has 1 aromatic rings. The zero-order valence-corrected chi connectivity index (χ0v) is 11.2. The van der Waals surface area contributed by atoms with Gasteiger partial charge in [0.25, 0.3) is 0 Å². The van der Waals surface area contributed by atoms with Crippen LogP contribution in [0.4, 0.5) is 0 Å². The molecule has 0 aliphatic rings. The number of ether oxygens (including phenoxy) is 1. The number of nitriles is 1. The summed E-state index contributed by atoms with van der Waals surface area (Å²) in [5.74, 6) is 0.489. The number of sulfonamides is 1. The zero-order chi connectivity index (χ0) is 13.6. The molecule has 1 atom stereocenters. The van der Waals surface area contributed by atoms with Gasteiger partial charge in [0, 0.05) is 5.56 Å². The first-order chi connectivity index (χ1) is 8.54. The van der Waals surface area contributed by atoms with E-state index in [0.717, 1.165) is 0 Å². The molecular formula is C12H16N2O3S. The third kappa shape index (κ3) is 3.72. The van der Waals surface area contributed by atoms with Crippen LogP contribution in [0.25, 0.3) is 0 Å². The third-order valence-electron chi connectivity index (χ3n) is 2.35. The Balaban J connectivity index is 3.01. The SMILES string of the molecule is CCCS(=O)(=O)NC(C#N)c1ccccc1OC. The lowest BCUT2D eigenvalue weighted by molar-refractivity contribution is 0.407. The van der Waals surface area contributed by atoms with E-state index < -0.39 is 16.1 Å². The molecule has 1 N–H and O–H groups in total. The predicted molar refractivity (Wildman–Crippen MR) is 68.6 cm³/mol. The van der Waals surface area contributed by atoms with Crippen LogP contribution in [0, 0.1) is 11.3 Å². The minimum Gasteiger partial charge on any atom is -0.496 e. The molecule has 0 heterocycles. The maximum absolute atomic E-state index is 11.7. The highest BCUT2D eigenvalue weighted by molar-refractivity contribution is 7.89. The highest BCUT2D eigenvalue weighted by atomic mass is 32.2. The average Bonchev–Trinajstić information content (AvgIpc) is 2.36. The van der Waals surface area contributed by atoms with E-state index in [9.17, 15) is 8.42 Å². The van der Waals surface area contributed by atoms with Gasteiger partial charge in [-0.3, -0.25) is 0 Å². The summed E-state index contributed by atoms with van der Waals surface area (Å²) in [7, 11) is -1.96. The van der Waals surface area contributed by atoms with Gasteiger partial charge in [-0.1, -0.05) is 25.1 Å². The Morgan fingerprint density at radius 1 is 1.44 bits per heavy atom. The van der Waals surface area contributed by atoms with Gasteiger partial charge < -0.3 is 4.74 Å². The molecule has 0 saturated carbocycles. The number of methoxy groups -OCH3 is 1. The second-order valence-electron chi connectivity index (χ2n) is 3.74. The fourth-order valence-electron chi connectivity index (χ4n) is 1.57. The zero-order valence-electron chi connectivity index (χ0n) is 10.4. The first kappa shape index (κ1) is 14.5. The van der Waals surface area contributed by atoms with Gasteiger partial charge in [-0.2, -0.15) is 9.98 Å². The van der Waals surface area contributed by atoms with Gasteiger partial charge in [0.1, 0.15) is 11.8 Å². The maximum Gasteiger partial charge on any atom is 0.213 e. The summed E-state index contributed by atoms with van der Waals surface area (Å²) in [6.45, 7) is 1.77. The van der Waals surface area contributed by atoms with Crippen molar-refractivity contribution in [1.29, 1.82) is 5.26 Å². The van der Waals surface area contributed by atoms with Crippen LogP contribution in [-0.2, 0) is 10.0 Å². The second kappa shape index (κ2) is 6.38. The van der Waals surface area contributed by atoms with E-state index in [0.29, 0.717) is 17.7 Å². The van der Waals surface area contributed by atoms with Crippen LogP contribution in [0.5, 0.6) is 5.75 Å². The van der Waals surface area contributed by atoms with Crippen LogP contribution in [0.3, 0.4) is 0 Å². The van der Waals surface area contributed by atoms with Crippen molar-refractivity contribution in [3.05, 3.63) is 29.8 Å². The smallest absolute Gasteiger partial charge is 0.213 e. The summed E-state index contributed by atoms with van der Waals surface area (Å²) in [4.78, 5) is 0. The lowest BCUT2D eigenvalue weighted by atomic mass is 10.1. The lowest BCUT2D eigenvalue weighted by Crippen LogP contribution is -2.30. The summed E-state index contributed by atoms with van der Waals surface area (Å²) in [5.41, 5.74) is 0.516. The minimum atomic E-state index is -3.44. The molecule has 0 amide bonds. The van der Waals surface area contributed by atoms with E-state index in [2.05, 4.69) is 4.72 Å². The molecule has 18 heavy (non-hydrogen) atoms. The Morgan fingerprint density at radius 3 is 2.67 bits per heavy atom. The molecule has 0 aliphatic carbocycles. The maximum atomic E-state index is 11.7. The standard InChI is InChI=1S/C12H16N2O3S/c1-3-8-18(15,16)14-11(9-13)10-6-4-5-7-12(10)17-2/h4-7,11,14H,3,8H2,1-2H3. The molecule has 1 aromatic carbocycles. The Kier molecular flexibility index (Phi) is 5.13. The molecule has 0 aliphatic heterocycles. The van der Waals surface area contributed by atoms with Crippen LogP contribution in [0.2, 0.25) is 0 Å². The number of hydrogen-bond acceptors (Lipinski definition) is 4. The van der Waals surface area contributed by atoms with E-state index in [1.54, 1.807) is 31.2 Å². The molecule has 1 rings (SSSR count). The molecule has 0 bridgehead atoms. The van der Waals surface area contributed by atoms with E-state index in [1.807, 2.05) is 6.07 Å². The Labute approximate surface area is 107 Å². The van der Waals surface area contributed by atoms with Crippen LogP contribution in [0.15, 0.2) is 24.3 Å². The number of nitrogens with zero attached hydrogens (tertiary/aromatic N) is 1. The van der Waals surface area contributed by atoms with Crippen LogP contribution >= 0.6 is 0 Å². The Hall–Kier alpha value is -1.58. The fourth-order valence-corrected chi connectivity index (χ4v) is 2.77. The van der Waals surface area contributed by atoms with Crippen LogP contribution < -0.4 is 9.46 Å². The molecule has 0 aromatic heterocycles. The third-order valence-corrected chi connectivity index (χ3v) is 3.89. The van der Waals surface area contributed by atoms with E-state index >= 15 is 0 Å². The number of hydrogen-bond donors (Lipinski definition) is 1. The van der Waals surface area contributed by atoms with E-state index in [4.69, 9.17) is 10.00 Å². The quantitative estimate of drug-likeness (QED) is 0.849. The highest BCUT2D eigenvalue weighted by Gasteiger charge is 2.21. The minimum absolute atomic E-state index is 0.000326. The molecule has 0 fully saturated rings. The summed E-state index contributed by atoms with van der Waals surface area (Å²) in [5, 5.41) is 9.10. The van der Waals surface area contributed by atoms with E-state index in [-0.39, 0.29) is 5.75 Å².